The van der Waals surface area contributed by atoms with Crippen LogP contribution in [-0.2, 0) is 9.53 Å². The predicted octanol–water partition coefficient (Wildman–Crippen LogP) is 4.21. The molecule has 0 aromatic heterocycles. The molecule has 0 radical (unpaired) electrons. The smallest absolute Gasteiger partial charge is 0.407 e. The topological polar surface area (TPSA) is 55.4 Å². The van der Waals surface area contributed by atoms with Gasteiger partial charge in [0.2, 0.25) is 0 Å². The maximum atomic E-state index is 13.4. The van der Waals surface area contributed by atoms with Crippen LogP contribution >= 0.6 is 0 Å². The number of methoxy groups -OCH3 is 1. The lowest BCUT2D eigenvalue weighted by molar-refractivity contribution is -0.123. The van der Waals surface area contributed by atoms with Crippen molar-refractivity contribution in [2.24, 2.45) is 11.8 Å². The van der Waals surface area contributed by atoms with Crippen LogP contribution in [0.4, 0.5) is 9.18 Å². The highest BCUT2D eigenvalue weighted by Gasteiger charge is 2.41. The van der Waals surface area contributed by atoms with E-state index in [-0.39, 0.29) is 17.6 Å². The third-order valence-corrected chi connectivity index (χ3v) is 4.41. The molecule has 0 aromatic carbocycles. The van der Waals surface area contributed by atoms with Gasteiger partial charge in [-0.3, -0.25) is 4.79 Å². The van der Waals surface area contributed by atoms with Gasteiger partial charge in [-0.1, -0.05) is 32.9 Å². The van der Waals surface area contributed by atoms with Crippen LogP contribution in [0.3, 0.4) is 0 Å². The summed E-state index contributed by atoms with van der Waals surface area (Å²) in [6, 6.07) is 0. The second kappa shape index (κ2) is 9.48. The number of hydrogen-bond donors (Lipinski definition) is 1. The molecule has 0 aliphatic carbocycles. The summed E-state index contributed by atoms with van der Waals surface area (Å²) in [4.78, 5) is 24.6. The van der Waals surface area contributed by atoms with Crippen molar-refractivity contribution >= 4 is 11.9 Å². The Morgan fingerprint density at radius 3 is 2.26 bits per heavy atom. The van der Waals surface area contributed by atoms with E-state index < -0.39 is 17.8 Å². The summed E-state index contributed by atoms with van der Waals surface area (Å²) >= 11 is 0. The Morgan fingerprint density at radius 2 is 1.91 bits per heavy atom. The number of Topliss-reactive ketones (excluding diaryl/α,β-unsaturated/α-hetero) is 1. The van der Waals surface area contributed by atoms with Gasteiger partial charge in [0.1, 0.15) is 11.7 Å². The Kier molecular flexibility index (Phi) is 8.80. The van der Waals surface area contributed by atoms with Crippen molar-refractivity contribution in [3.8, 4) is 0 Å². The van der Waals surface area contributed by atoms with Crippen LogP contribution in [0.5, 0.6) is 0 Å². The third-order valence-electron chi connectivity index (χ3n) is 4.41. The summed E-state index contributed by atoms with van der Waals surface area (Å²) in [5, 5.41) is 2.69. The molecule has 4 nitrogen and oxygen atoms in total. The molecule has 1 amide bonds. The van der Waals surface area contributed by atoms with E-state index in [9.17, 15) is 14.0 Å². The van der Waals surface area contributed by atoms with E-state index in [1.807, 2.05) is 20.8 Å². The molecule has 0 bridgehead atoms. The van der Waals surface area contributed by atoms with Crippen LogP contribution < -0.4 is 5.32 Å². The summed E-state index contributed by atoms with van der Waals surface area (Å²) in [6.45, 7) is 12.4. The largest absolute Gasteiger partial charge is 0.453 e. The first-order chi connectivity index (χ1) is 10.7. The number of amides is 1. The van der Waals surface area contributed by atoms with Gasteiger partial charge in [0.15, 0.2) is 5.78 Å². The molecular formula is C18H30FNO3. The lowest BCUT2D eigenvalue weighted by atomic mass is 9.77. The summed E-state index contributed by atoms with van der Waals surface area (Å²) in [5.41, 5.74) is -0.525. The number of hydrogen-bond acceptors (Lipinski definition) is 3. The van der Waals surface area contributed by atoms with E-state index in [0.29, 0.717) is 18.4 Å². The first-order valence-electron chi connectivity index (χ1n) is 8.00. The molecule has 0 heterocycles. The fraction of sp³-hybridized carbons (Fsp3) is 0.667. The van der Waals surface area contributed by atoms with Gasteiger partial charge in [0.25, 0.3) is 0 Å². The van der Waals surface area contributed by atoms with Crippen LogP contribution in [0.15, 0.2) is 24.3 Å². The molecular weight excluding hydrogens is 297 g/mol. The molecule has 132 valence electrons. The number of carbonyl (C=O) groups is 2. The number of alkyl carbamates (subject to hydrolysis) is 1. The minimum atomic E-state index is -1.03. The average Bonchev–Trinajstić information content (AvgIpc) is 2.51. The normalized spacial score (nSPS) is 17.1. The summed E-state index contributed by atoms with van der Waals surface area (Å²) in [5.74, 6) is -0.617. The number of carbonyl (C=O) groups excluding carboxylic acids is 2. The van der Waals surface area contributed by atoms with Gasteiger partial charge < -0.3 is 10.1 Å². The number of rotatable bonds is 9. The summed E-state index contributed by atoms with van der Waals surface area (Å²) < 4.78 is 18.1. The fourth-order valence-electron chi connectivity index (χ4n) is 2.58. The van der Waals surface area contributed by atoms with Crippen molar-refractivity contribution in [3.63, 3.8) is 0 Å². The van der Waals surface area contributed by atoms with Crippen LogP contribution in [0.25, 0.3) is 0 Å². The van der Waals surface area contributed by atoms with Crippen molar-refractivity contribution in [3.05, 3.63) is 24.3 Å². The molecule has 0 saturated heterocycles. The predicted molar refractivity (Wildman–Crippen MR) is 91.0 cm³/mol. The van der Waals surface area contributed by atoms with E-state index in [4.69, 9.17) is 0 Å². The lowest BCUT2D eigenvalue weighted by Crippen LogP contribution is -2.58. The van der Waals surface area contributed by atoms with Crippen molar-refractivity contribution < 1.29 is 18.7 Å². The van der Waals surface area contributed by atoms with Gasteiger partial charge in [-0.15, -0.1) is 6.58 Å². The van der Waals surface area contributed by atoms with E-state index in [2.05, 4.69) is 16.6 Å². The van der Waals surface area contributed by atoms with Gasteiger partial charge in [-0.2, -0.15) is 0 Å². The number of ketones is 1. The Labute approximate surface area is 139 Å². The molecule has 0 aromatic rings. The van der Waals surface area contributed by atoms with Gasteiger partial charge >= 0.3 is 6.09 Å². The number of halogens is 1. The highest BCUT2D eigenvalue weighted by molar-refractivity contribution is 6.04. The first kappa shape index (κ1) is 21.4. The molecule has 5 heteroatoms. The monoisotopic (exact) mass is 327 g/mol. The first-order valence-corrected chi connectivity index (χ1v) is 8.00. The SMILES string of the molecule is C=CC(CC=C(C)C(=O)C(CC)(NC(=O)OC)C(C)C)C(C)F. The summed E-state index contributed by atoms with van der Waals surface area (Å²) in [7, 11) is 1.26. The zero-order chi connectivity index (χ0) is 18.2. The quantitative estimate of drug-likeness (QED) is 0.510. The molecule has 0 fully saturated rings. The number of ether oxygens (including phenoxy) is 1. The van der Waals surface area contributed by atoms with E-state index in [1.165, 1.54) is 14.0 Å². The number of allylic oxidation sites excluding steroid dienone is 2. The highest BCUT2D eigenvalue weighted by atomic mass is 19.1. The van der Waals surface area contributed by atoms with E-state index >= 15 is 0 Å². The molecule has 1 N–H and O–H groups in total. The lowest BCUT2D eigenvalue weighted by Gasteiger charge is -2.36. The van der Waals surface area contributed by atoms with Crippen molar-refractivity contribution in [1.82, 2.24) is 5.32 Å². The maximum Gasteiger partial charge on any atom is 0.407 e. The van der Waals surface area contributed by atoms with E-state index in [1.54, 1.807) is 19.1 Å². The second-order valence-electron chi connectivity index (χ2n) is 6.13. The molecule has 0 rings (SSSR count). The number of alkyl halides is 1. The minimum Gasteiger partial charge on any atom is -0.453 e. The fourth-order valence-corrected chi connectivity index (χ4v) is 2.58. The van der Waals surface area contributed by atoms with Crippen LogP contribution in [0.1, 0.15) is 47.5 Å². The van der Waals surface area contributed by atoms with Crippen molar-refractivity contribution in [2.75, 3.05) is 7.11 Å². The van der Waals surface area contributed by atoms with Crippen LogP contribution in [0.2, 0.25) is 0 Å². The van der Waals surface area contributed by atoms with Crippen LogP contribution in [0, 0.1) is 11.8 Å². The van der Waals surface area contributed by atoms with Gasteiger partial charge in [0.05, 0.1) is 7.11 Å². The Balaban J connectivity index is 5.43. The zero-order valence-electron chi connectivity index (χ0n) is 15.1. The maximum absolute atomic E-state index is 13.4. The number of nitrogens with one attached hydrogen (secondary N) is 1. The van der Waals surface area contributed by atoms with Crippen molar-refractivity contribution in [2.45, 2.75) is 59.2 Å². The zero-order valence-corrected chi connectivity index (χ0v) is 15.1. The molecule has 3 unspecified atom stereocenters. The van der Waals surface area contributed by atoms with Gasteiger partial charge in [-0.25, -0.2) is 9.18 Å². The second-order valence-corrected chi connectivity index (χ2v) is 6.13. The molecule has 23 heavy (non-hydrogen) atoms. The Morgan fingerprint density at radius 1 is 1.35 bits per heavy atom. The Hall–Kier alpha value is -1.65. The molecule has 0 saturated carbocycles. The molecule has 0 aliphatic heterocycles. The minimum absolute atomic E-state index is 0.113. The van der Waals surface area contributed by atoms with Gasteiger partial charge in [-0.05, 0) is 38.2 Å². The molecule has 0 spiro atoms. The summed E-state index contributed by atoms with van der Waals surface area (Å²) in [6.07, 6.45) is 2.45. The average molecular weight is 327 g/mol. The van der Waals surface area contributed by atoms with E-state index in [0.717, 1.165) is 0 Å². The van der Waals surface area contributed by atoms with Crippen molar-refractivity contribution in [1.29, 1.82) is 0 Å². The van der Waals surface area contributed by atoms with Gasteiger partial charge in [0, 0.05) is 5.92 Å². The standard InChI is InChI=1S/C18H30FNO3/c1-8-15(14(6)19)11-10-13(5)16(21)18(9-2,12(3)4)20-17(22)23-7/h8,10,12,14-15H,1,9,11H2,2-7H3,(H,20,22). The third kappa shape index (κ3) is 5.48. The Bertz CT molecular complexity index is 457. The highest BCUT2D eigenvalue weighted by Crippen LogP contribution is 2.27. The molecule has 0 aliphatic rings. The molecule has 3 atom stereocenters. The van der Waals surface area contributed by atoms with Crippen LogP contribution in [-0.4, -0.2) is 30.7 Å².